The first kappa shape index (κ1) is 19.4. The molecule has 0 radical (unpaired) electrons. The Morgan fingerprint density at radius 1 is 1.28 bits per heavy atom. The van der Waals surface area contributed by atoms with Crippen molar-refractivity contribution >= 4 is 34.2 Å². The van der Waals surface area contributed by atoms with Gasteiger partial charge in [0.1, 0.15) is 5.00 Å². The molecule has 1 atom stereocenters. The summed E-state index contributed by atoms with van der Waals surface area (Å²) < 4.78 is 5.30. The number of carbonyl (C=O) groups excluding carboxylic acids is 2. The van der Waals surface area contributed by atoms with Gasteiger partial charge in [-0.2, -0.15) is 0 Å². The van der Waals surface area contributed by atoms with E-state index in [1.54, 1.807) is 0 Å². The standard InChI is InChI=1S/C18H25NO5S/c1-3-9-24-18(23)16-12-6-5-11(4-2)10-13(12)25-17(16)19-14(20)7-8-15(21)22/h11H,3-10H2,1-2H3,(H,19,20)(H,21,22)/t11-/m0/s1. The molecule has 0 saturated heterocycles. The number of hydrogen-bond acceptors (Lipinski definition) is 5. The predicted octanol–water partition coefficient (Wildman–Crippen LogP) is 3.63. The van der Waals surface area contributed by atoms with Crippen LogP contribution >= 0.6 is 11.3 Å². The normalized spacial score (nSPS) is 16.2. The van der Waals surface area contributed by atoms with Crippen LogP contribution in [0, 0.1) is 5.92 Å². The lowest BCUT2D eigenvalue weighted by Crippen LogP contribution is -2.17. The van der Waals surface area contributed by atoms with Gasteiger partial charge in [-0.3, -0.25) is 9.59 Å². The summed E-state index contributed by atoms with van der Waals surface area (Å²) >= 11 is 1.43. The number of amides is 1. The molecule has 2 N–H and O–H groups in total. The van der Waals surface area contributed by atoms with Gasteiger partial charge in [0, 0.05) is 11.3 Å². The van der Waals surface area contributed by atoms with Crippen molar-refractivity contribution in [1.82, 2.24) is 0 Å². The van der Waals surface area contributed by atoms with Crippen LogP contribution in [0.1, 0.15) is 66.8 Å². The lowest BCUT2D eigenvalue weighted by molar-refractivity contribution is -0.138. The molecule has 1 amide bonds. The van der Waals surface area contributed by atoms with E-state index < -0.39 is 17.8 Å². The molecule has 7 heteroatoms. The van der Waals surface area contributed by atoms with Gasteiger partial charge in [-0.15, -0.1) is 11.3 Å². The Kier molecular flexibility index (Phi) is 6.99. The van der Waals surface area contributed by atoms with E-state index in [0.29, 0.717) is 23.1 Å². The molecular weight excluding hydrogens is 342 g/mol. The smallest absolute Gasteiger partial charge is 0.341 e. The predicted molar refractivity (Wildman–Crippen MR) is 96.2 cm³/mol. The summed E-state index contributed by atoms with van der Waals surface area (Å²) in [5.41, 5.74) is 1.45. The molecule has 0 bridgehead atoms. The van der Waals surface area contributed by atoms with Crippen molar-refractivity contribution in [3.05, 3.63) is 16.0 Å². The zero-order valence-electron chi connectivity index (χ0n) is 14.7. The van der Waals surface area contributed by atoms with Gasteiger partial charge in [-0.1, -0.05) is 20.3 Å². The highest BCUT2D eigenvalue weighted by Gasteiger charge is 2.29. The maximum atomic E-state index is 12.5. The Morgan fingerprint density at radius 2 is 2.04 bits per heavy atom. The van der Waals surface area contributed by atoms with Gasteiger partial charge in [0.05, 0.1) is 18.6 Å². The van der Waals surface area contributed by atoms with Crippen molar-refractivity contribution in [1.29, 1.82) is 0 Å². The molecule has 1 aliphatic carbocycles. The van der Waals surface area contributed by atoms with E-state index in [-0.39, 0.29) is 12.8 Å². The molecule has 1 aromatic heterocycles. The van der Waals surface area contributed by atoms with Gasteiger partial charge in [-0.05, 0) is 37.2 Å². The van der Waals surface area contributed by atoms with Crippen LogP contribution in [0.25, 0.3) is 0 Å². The van der Waals surface area contributed by atoms with Crippen molar-refractivity contribution in [3.63, 3.8) is 0 Å². The number of carbonyl (C=O) groups is 3. The first-order valence-corrected chi connectivity index (χ1v) is 9.61. The number of carboxylic acid groups (broad SMARTS) is 1. The van der Waals surface area contributed by atoms with E-state index in [2.05, 4.69) is 12.2 Å². The summed E-state index contributed by atoms with van der Waals surface area (Å²) in [7, 11) is 0. The number of hydrogen-bond donors (Lipinski definition) is 2. The molecule has 0 spiro atoms. The molecule has 0 aliphatic heterocycles. The van der Waals surface area contributed by atoms with E-state index in [1.165, 1.54) is 11.3 Å². The Bertz CT molecular complexity index is 652. The minimum absolute atomic E-state index is 0.112. The van der Waals surface area contributed by atoms with Crippen LogP contribution in [0.15, 0.2) is 0 Å². The minimum atomic E-state index is -1.02. The largest absolute Gasteiger partial charge is 0.481 e. The Labute approximate surface area is 151 Å². The molecule has 1 aliphatic rings. The molecular formula is C18H25NO5S. The van der Waals surface area contributed by atoms with Gasteiger partial charge in [0.15, 0.2) is 0 Å². The van der Waals surface area contributed by atoms with Crippen molar-refractivity contribution < 1.29 is 24.2 Å². The molecule has 0 fully saturated rings. The molecule has 0 saturated carbocycles. The SMILES string of the molecule is CCCOC(=O)c1c(NC(=O)CCC(=O)O)sc2c1CC[C@H](CC)C2. The number of anilines is 1. The number of rotatable bonds is 8. The lowest BCUT2D eigenvalue weighted by atomic mass is 9.85. The van der Waals surface area contributed by atoms with Crippen LogP contribution in [-0.4, -0.2) is 29.6 Å². The second kappa shape index (κ2) is 8.99. The maximum Gasteiger partial charge on any atom is 0.341 e. The molecule has 6 nitrogen and oxygen atoms in total. The summed E-state index contributed by atoms with van der Waals surface area (Å²) in [5, 5.41) is 11.9. The average Bonchev–Trinajstić information content (AvgIpc) is 2.94. The summed E-state index contributed by atoms with van der Waals surface area (Å²) in [6.45, 7) is 4.43. The third-order valence-electron chi connectivity index (χ3n) is 4.40. The molecule has 1 aromatic rings. The lowest BCUT2D eigenvalue weighted by Gasteiger charge is -2.21. The fraction of sp³-hybridized carbons (Fsp3) is 0.611. The van der Waals surface area contributed by atoms with Gasteiger partial charge in [-0.25, -0.2) is 4.79 Å². The van der Waals surface area contributed by atoms with E-state index in [9.17, 15) is 14.4 Å². The van der Waals surface area contributed by atoms with Crippen molar-refractivity contribution in [3.8, 4) is 0 Å². The molecule has 25 heavy (non-hydrogen) atoms. The first-order valence-electron chi connectivity index (χ1n) is 8.79. The molecule has 0 unspecified atom stereocenters. The van der Waals surface area contributed by atoms with Gasteiger partial charge >= 0.3 is 11.9 Å². The number of aliphatic carboxylic acids is 1. The molecule has 138 valence electrons. The summed E-state index contributed by atoms with van der Waals surface area (Å²) in [5.74, 6) is -1.21. The van der Waals surface area contributed by atoms with Crippen LogP contribution in [0.3, 0.4) is 0 Å². The summed E-state index contributed by atoms with van der Waals surface area (Å²) in [4.78, 5) is 36.3. The quantitative estimate of drug-likeness (QED) is 0.684. The third-order valence-corrected chi connectivity index (χ3v) is 5.57. The van der Waals surface area contributed by atoms with E-state index >= 15 is 0 Å². The molecule has 1 heterocycles. The van der Waals surface area contributed by atoms with Gasteiger partial charge in [0.2, 0.25) is 5.91 Å². The maximum absolute atomic E-state index is 12.5. The molecule has 0 aromatic carbocycles. The number of esters is 1. The van der Waals surface area contributed by atoms with Crippen LogP contribution in [0.2, 0.25) is 0 Å². The van der Waals surface area contributed by atoms with Crippen LogP contribution in [0.4, 0.5) is 5.00 Å². The molecule has 2 rings (SSSR count). The number of thiophene rings is 1. The number of fused-ring (bicyclic) bond motifs is 1. The highest BCUT2D eigenvalue weighted by atomic mass is 32.1. The fourth-order valence-corrected chi connectivity index (χ4v) is 4.35. The fourth-order valence-electron chi connectivity index (χ4n) is 2.98. The van der Waals surface area contributed by atoms with E-state index in [0.717, 1.165) is 42.5 Å². The second-order valence-electron chi connectivity index (χ2n) is 6.30. The van der Waals surface area contributed by atoms with Gasteiger partial charge in [0.25, 0.3) is 0 Å². The van der Waals surface area contributed by atoms with E-state index in [1.807, 2.05) is 6.92 Å². The summed E-state index contributed by atoms with van der Waals surface area (Å²) in [6.07, 6.45) is 4.23. The van der Waals surface area contributed by atoms with E-state index in [4.69, 9.17) is 9.84 Å². The minimum Gasteiger partial charge on any atom is -0.481 e. The Hall–Kier alpha value is -1.89. The van der Waals surface area contributed by atoms with Crippen molar-refractivity contribution in [2.24, 2.45) is 5.92 Å². The first-order chi connectivity index (χ1) is 12.0. The highest BCUT2D eigenvalue weighted by molar-refractivity contribution is 7.17. The van der Waals surface area contributed by atoms with Crippen molar-refractivity contribution in [2.45, 2.75) is 58.8 Å². The topological polar surface area (TPSA) is 92.7 Å². The number of nitrogens with one attached hydrogen (secondary N) is 1. The Balaban J connectivity index is 2.24. The van der Waals surface area contributed by atoms with Crippen LogP contribution in [-0.2, 0) is 27.2 Å². The van der Waals surface area contributed by atoms with Gasteiger partial charge < -0.3 is 15.2 Å². The highest BCUT2D eigenvalue weighted by Crippen LogP contribution is 2.40. The van der Waals surface area contributed by atoms with Crippen LogP contribution in [0.5, 0.6) is 0 Å². The zero-order valence-corrected chi connectivity index (χ0v) is 15.5. The monoisotopic (exact) mass is 367 g/mol. The second-order valence-corrected chi connectivity index (χ2v) is 7.41. The van der Waals surface area contributed by atoms with Crippen LogP contribution < -0.4 is 5.32 Å². The Morgan fingerprint density at radius 3 is 2.68 bits per heavy atom. The number of ether oxygens (including phenoxy) is 1. The number of carboxylic acids is 1. The summed E-state index contributed by atoms with van der Waals surface area (Å²) in [6, 6.07) is 0. The zero-order chi connectivity index (χ0) is 18.4. The van der Waals surface area contributed by atoms with Crippen molar-refractivity contribution in [2.75, 3.05) is 11.9 Å². The average molecular weight is 367 g/mol. The third kappa shape index (κ3) is 5.04.